The lowest BCUT2D eigenvalue weighted by Crippen LogP contribution is -2.30. The molecule has 126 valence electrons. The summed E-state index contributed by atoms with van der Waals surface area (Å²) >= 11 is 0. The molecule has 0 aliphatic carbocycles. The fraction of sp³-hybridized carbons (Fsp3) is 0.235. The average Bonchev–Trinajstić information content (AvgIpc) is 2.54. The second-order valence-corrected chi connectivity index (χ2v) is 5.21. The first kappa shape index (κ1) is 17.3. The maximum atomic E-state index is 12.3. The van der Waals surface area contributed by atoms with Gasteiger partial charge in [-0.2, -0.15) is 0 Å². The molecule has 1 N–H and O–H groups in total. The second-order valence-electron chi connectivity index (χ2n) is 5.21. The number of nitrogens with one attached hydrogen (secondary N) is 1. The fourth-order valence-electron chi connectivity index (χ4n) is 2.08. The molecule has 2 aromatic carbocycles. The van der Waals surface area contributed by atoms with Gasteiger partial charge in [-0.15, -0.1) is 0 Å². The number of hydrogen-bond acceptors (Lipinski definition) is 5. The van der Waals surface area contributed by atoms with Gasteiger partial charge in [-0.05, 0) is 37.6 Å². The number of nitrogens with zero attached hydrogens (tertiary/aromatic N) is 1. The van der Waals surface area contributed by atoms with Crippen molar-refractivity contribution in [2.75, 3.05) is 12.4 Å². The lowest BCUT2D eigenvalue weighted by Gasteiger charge is -2.16. The number of ether oxygens (including phenoxy) is 2. The third-order valence-corrected chi connectivity index (χ3v) is 3.33. The van der Waals surface area contributed by atoms with Gasteiger partial charge >= 0.3 is 0 Å². The van der Waals surface area contributed by atoms with Gasteiger partial charge < -0.3 is 14.8 Å². The number of anilines is 1. The number of aryl methyl sites for hydroxylation is 1. The lowest BCUT2D eigenvalue weighted by atomic mass is 10.2. The Labute approximate surface area is 139 Å². The van der Waals surface area contributed by atoms with Gasteiger partial charge in [0, 0.05) is 6.07 Å². The van der Waals surface area contributed by atoms with E-state index in [-0.39, 0.29) is 17.3 Å². The number of benzene rings is 2. The molecule has 1 amide bonds. The number of carbonyl (C=O) groups is 1. The number of nitro groups is 1. The molecule has 7 heteroatoms. The third kappa shape index (κ3) is 4.22. The van der Waals surface area contributed by atoms with E-state index in [1.165, 1.54) is 25.3 Å². The van der Waals surface area contributed by atoms with Gasteiger partial charge in [0.2, 0.25) is 0 Å². The van der Waals surface area contributed by atoms with Crippen LogP contribution in [0.2, 0.25) is 0 Å². The number of carbonyl (C=O) groups excluding carboxylic acids is 1. The highest BCUT2D eigenvalue weighted by Crippen LogP contribution is 2.29. The van der Waals surface area contributed by atoms with Crippen LogP contribution in [0.1, 0.15) is 12.5 Å². The summed E-state index contributed by atoms with van der Waals surface area (Å²) in [5, 5.41) is 13.4. The Kier molecular flexibility index (Phi) is 5.36. The molecule has 0 saturated carbocycles. The van der Waals surface area contributed by atoms with Crippen LogP contribution in [0.15, 0.2) is 42.5 Å². The van der Waals surface area contributed by atoms with Crippen LogP contribution >= 0.6 is 0 Å². The molecule has 2 aromatic rings. The smallest absolute Gasteiger partial charge is 0.273 e. The van der Waals surface area contributed by atoms with Crippen LogP contribution in [0.25, 0.3) is 0 Å². The van der Waals surface area contributed by atoms with Gasteiger partial charge in [0.15, 0.2) is 6.10 Å². The predicted molar refractivity (Wildman–Crippen MR) is 89.5 cm³/mol. The summed E-state index contributed by atoms with van der Waals surface area (Å²) in [7, 11) is 1.38. The largest absolute Gasteiger partial charge is 0.494 e. The number of hydrogen-bond donors (Lipinski definition) is 1. The van der Waals surface area contributed by atoms with E-state index in [1.54, 1.807) is 13.0 Å². The SMILES string of the molecule is COc1cc([N+](=O)[O-])ccc1NC(=O)C(C)Oc1cccc(C)c1. The Bertz CT molecular complexity index is 760. The first-order valence-electron chi connectivity index (χ1n) is 7.27. The number of rotatable bonds is 6. The standard InChI is InChI=1S/C17H18N2O5/c1-11-5-4-6-14(9-11)24-12(2)17(20)18-15-8-7-13(19(21)22)10-16(15)23-3/h4-10,12H,1-3H3,(H,18,20). The molecule has 2 rings (SSSR count). The van der Waals surface area contributed by atoms with E-state index in [4.69, 9.17) is 9.47 Å². The molecule has 1 atom stereocenters. The molecule has 0 saturated heterocycles. The molecule has 0 radical (unpaired) electrons. The Hall–Kier alpha value is -3.09. The minimum atomic E-state index is -0.744. The predicted octanol–water partition coefficient (Wildman–Crippen LogP) is 3.32. The third-order valence-electron chi connectivity index (χ3n) is 3.33. The van der Waals surface area contributed by atoms with Gasteiger partial charge in [-0.25, -0.2) is 0 Å². The highest BCUT2D eigenvalue weighted by molar-refractivity contribution is 5.95. The maximum Gasteiger partial charge on any atom is 0.273 e. The van der Waals surface area contributed by atoms with Crippen LogP contribution in [-0.4, -0.2) is 24.0 Å². The van der Waals surface area contributed by atoms with Gasteiger partial charge in [-0.3, -0.25) is 14.9 Å². The second kappa shape index (κ2) is 7.45. The fourth-order valence-corrected chi connectivity index (χ4v) is 2.08. The van der Waals surface area contributed by atoms with E-state index >= 15 is 0 Å². The van der Waals surface area contributed by atoms with Crippen LogP contribution in [0, 0.1) is 17.0 Å². The van der Waals surface area contributed by atoms with Crippen LogP contribution < -0.4 is 14.8 Å². The zero-order valence-corrected chi connectivity index (χ0v) is 13.6. The number of methoxy groups -OCH3 is 1. The Morgan fingerprint density at radius 1 is 1.25 bits per heavy atom. The number of nitro benzene ring substituents is 1. The van der Waals surface area contributed by atoms with Crippen molar-refractivity contribution in [1.82, 2.24) is 0 Å². The Morgan fingerprint density at radius 2 is 2.00 bits per heavy atom. The van der Waals surface area contributed by atoms with Crippen molar-refractivity contribution in [3.05, 3.63) is 58.1 Å². The summed E-state index contributed by atoms with van der Waals surface area (Å²) in [6, 6.07) is 11.3. The van der Waals surface area contributed by atoms with Crippen molar-refractivity contribution in [3.8, 4) is 11.5 Å². The topological polar surface area (TPSA) is 90.7 Å². The van der Waals surface area contributed by atoms with Crippen molar-refractivity contribution < 1.29 is 19.2 Å². The summed E-state index contributed by atoms with van der Waals surface area (Å²) < 4.78 is 10.7. The summed E-state index contributed by atoms with van der Waals surface area (Å²) in [6.07, 6.45) is -0.744. The molecule has 0 fully saturated rings. The number of non-ortho nitro benzene ring substituents is 1. The Morgan fingerprint density at radius 3 is 2.62 bits per heavy atom. The van der Waals surface area contributed by atoms with E-state index in [0.717, 1.165) is 5.56 Å². The Balaban J connectivity index is 2.09. The molecular formula is C17H18N2O5. The zero-order chi connectivity index (χ0) is 17.7. The van der Waals surface area contributed by atoms with E-state index in [9.17, 15) is 14.9 Å². The monoisotopic (exact) mass is 330 g/mol. The highest BCUT2D eigenvalue weighted by atomic mass is 16.6. The van der Waals surface area contributed by atoms with Crippen molar-refractivity contribution in [2.24, 2.45) is 0 Å². The number of amides is 1. The van der Waals surface area contributed by atoms with Gasteiger partial charge in [0.25, 0.3) is 11.6 Å². The van der Waals surface area contributed by atoms with Crippen LogP contribution in [0.4, 0.5) is 11.4 Å². The van der Waals surface area contributed by atoms with Crippen LogP contribution in [0.3, 0.4) is 0 Å². The summed E-state index contributed by atoms with van der Waals surface area (Å²) in [6.45, 7) is 3.55. The highest BCUT2D eigenvalue weighted by Gasteiger charge is 2.18. The van der Waals surface area contributed by atoms with E-state index in [2.05, 4.69) is 5.32 Å². The summed E-state index contributed by atoms with van der Waals surface area (Å²) in [5.74, 6) is 0.414. The van der Waals surface area contributed by atoms with E-state index in [0.29, 0.717) is 11.4 Å². The molecule has 0 aromatic heterocycles. The van der Waals surface area contributed by atoms with E-state index in [1.807, 2.05) is 25.1 Å². The lowest BCUT2D eigenvalue weighted by molar-refractivity contribution is -0.384. The van der Waals surface area contributed by atoms with Crippen LogP contribution in [-0.2, 0) is 4.79 Å². The molecule has 0 aliphatic rings. The molecular weight excluding hydrogens is 312 g/mol. The van der Waals surface area contributed by atoms with Crippen molar-refractivity contribution >= 4 is 17.3 Å². The van der Waals surface area contributed by atoms with Crippen molar-refractivity contribution in [1.29, 1.82) is 0 Å². The molecule has 0 spiro atoms. The van der Waals surface area contributed by atoms with Gasteiger partial charge in [-0.1, -0.05) is 12.1 Å². The van der Waals surface area contributed by atoms with Gasteiger partial charge in [0.1, 0.15) is 11.5 Å². The minimum Gasteiger partial charge on any atom is -0.494 e. The normalized spacial score (nSPS) is 11.5. The molecule has 7 nitrogen and oxygen atoms in total. The summed E-state index contributed by atoms with van der Waals surface area (Å²) in [5.41, 5.74) is 1.25. The van der Waals surface area contributed by atoms with Crippen molar-refractivity contribution in [2.45, 2.75) is 20.0 Å². The van der Waals surface area contributed by atoms with Crippen LogP contribution in [0.5, 0.6) is 11.5 Å². The first-order chi connectivity index (χ1) is 11.4. The summed E-state index contributed by atoms with van der Waals surface area (Å²) in [4.78, 5) is 22.5. The molecule has 0 heterocycles. The first-order valence-corrected chi connectivity index (χ1v) is 7.27. The van der Waals surface area contributed by atoms with E-state index < -0.39 is 11.0 Å². The minimum absolute atomic E-state index is 0.117. The zero-order valence-electron chi connectivity index (χ0n) is 13.6. The molecule has 24 heavy (non-hydrogen) atoms. The average molecular weight is 330 g/mol. The molecule has 0 aliphatic heterocycles. The maximum absolute atomic E-state index is 12.3. The molecule has 1 unspecified atom stereocenters. The quantitative estimate of drug-likeness (QED) is 0.648. The molecule has 0 bridgehead atoms. The van der Waals surface area contributed by atoms with Crippen molar-refractivity contribution in [3.63, 3.8) is 0 Å². The van der Waals surface area contributed by atoms with Gasteiger partial charge in [0.05, 0.1) is 23.8 Å².